The molecule has 6 nitrogen and oxygen atoms in total. The highest BCUT2D eigenvalue weighted by molar-refractivity contribution is 6.18. The second kappa shape index (κ2) is 7.87. The Labute approximate surface area is 186 Å². The van der Waals surface area contributed by atoms with Crippen molar-refractivity contribution in [2.24, 2.45) is 0 Å². The van der Waals surface area contributed by atoms with Crippen molar-refractivity contribution in [3.05, 3.63) is 111 Å². The molecule has 0 fully saturated rings. The molecular weight excluding hydrogens is 425 g/mol. The third-order valence-corrected chi connectivity index (χ3v) is 5.32. The molecule has 7 heteroatoms. The standard InChI is InChI=1S/C26H16FNO5/c1-14-5-4-7-17-19(29)13-21(33-24(14)17)26(31)28-22-18-6-2-3-8-20(18)32-25(22)23(30)15-9-11-16(27)12-10-15/h2-13H,1H3,(H,28,31). The first-order valence-corrected chi connectivity index (χ1v) is 10.1. The summed E-state index contributed by atoms with van der Waals surface area (Å²) >= 11 is 0. The fourth-order valence-corrected chi connectivity index (χ4v) is 3.67. The van der Waals surface area contributed by atoms with Gasteiger partial charge in [-0.1, -0.05) is 24.3 Å². The lowest BCUT2D eigenvalue weighted by Gasteiger charge is -2.07. The normalized spacial score (nSPS) is 11.1. The van der Waals surface area contributed by atoms with Crippen molar-refractivity contribution in [2.75, 3.05) is 5.32 Å². The average molecular weight is 441 g/mol. The topological polar surface area (TPSA) is 89.5 Å². The van der Waals surface area contributed by atoms with Crippen molar-refractivity contribution in [1.29, 1.82) is 0 Å². The molecule has 1 amide bonds. The Morgan fingerprint density at radius 3 is 2.39 bits per heavy atom. The molecule has 0 saturated carbocycles. The maximum Gasteiger partial charge on any atom is 0.291 e. The second-order valence-electron chi connectivity index (χ2n) is 7.52. The molecule has 162 valence electrons. The minimum atomic E-state index is -0.711. The van der Waals surface area contributed by atoms with Gasteiger partial charge in [-0.15, -0.1) is 0 Å². The molecule has 0 saturated heterocycles. The van der Waals surface area contributed by atoms with Gasteiger partial charge in [0.05, 0.1) is 11.1 Å². The van der Waals surface area contributed by atoms with Crippen molar-refractivity contribution in [1.82, 2.24) is 0 Å². The molecule has 2 aromatic heterocycles. The number of carbonyl (C=O) groups is 2. The summed E-state index contributed by atoms with van der Waals surface area (Å²) in [6, 6.07) is 18.1. The van der Waals surface area contributed by atoms with Crippen LogP contribution in [-0.2, 0) is 0 Å². The molecule has 0 atom stereocenters. The van der Waals surface area contributed by atoms with Crippen molar-refractivity contribution in [3.8, 4) is 0 Å². The van der Waals surface area contributed by atoms with Gasteiger partial charge in [0.1, 0.15) is 17.0 Å². The van der Waals surface area contributed by atoms with E-state index in [2.05, 4.69) is 5.32 Å². The summed E-state index contributed by atoms with van der Waals surface area (Å²) in [4.78, 5) is 38.7. The lowest BCUT2D eigenvalue weighted by Crippen LogP contribution is -2.16. The number of aryl methyl sites for hydroxylation is 1. The molecule has 5 rings (SSSR count). The molecule has 0 aliphatic carbocycles. The minimum Gasteiger partial charge on any atom is -0.450 e. The van der Waals surface area contributed by atoms with Crippen LogP contribution < -0.4 is 10.7 Å². The number of ketones is 1. The Morgan fingerprint density at radius 1 is 0.879 bits per heavy atom. The molecular formula is C26H16FNO5. The number of amides is 1. The van der Waals surface area contributed by atoms with E-state index in [1.165, 1.54) is 24.3 Å². The van der Waals surface area contributed by atoms with E-state index in [-0.39, 0.29) is 28.2 Å². The zero-order chi connectivity index (χ0) is 23.1. The molecule has 2 heterocycles. The minimum absolute atomic E-state index is 0.115. The maximum absolute atomic E-state index is 13.3. The molecule has 1 N–H and O–H groups in total. The number of hydrogen-bond acceptors (Lipinski definition) is 5. The Balaban J connectivity index is 1.60. The van der Waals surface area contributed by atoms with Gasteiger partial charge in [0.15, 0.2) is 16.9 Å². The molecule has 0 aliphatic rings. The van der Waals surface area contributed by atoms with Crippen LogP contribution in [0.25, 0.3) is 21.9 Å². The van der Waals surface area contributed by atoms with Gasteiger partial charge in [0.25, 0.3) is 5.91 Å². The number of anilines is 1. The number of hydrogen-bond donors (Lipinski definition) is 1. The predicted octanol–water partition coefficient (Wildman–Crippen LogP) is 5.47. The summed E-state index contributed by atoms with van der Waals surface area (Å²) in [5.74, 6) is -2.04. The monoisotopic (exact) mass is 441 g/mol. The summed E-state index contributed by atoms with van der Waals surface area (Å²) in [6.45, 7) is 1.77. The average Bonchev–Trinajstić information content (AvgIpc) is 3.18. The van der Waals surface area contributed by atoms with Crippen molar-refractivity contribution >= 4 is 39.3 Å². The predicted molar refractivity (Wildman–Crippen MR) is 121 cm³/mol. The summed E-state index contributed by atoms with van der Waals surface area (Å²) < 4.78 is 24.8. The number of para-hydroxylation sites is 2. The van der Waals surface area contributed by atoms with Gasteiger partial charge in [-0.25, -0.2) is 4.39 Å². The zero-order valence-electron chi connectivity index (χ0n) is 17.3. The highest BCUT2D eigenvalue weighted by atomic mass is 19.1. The van der Waals surface area contributed by atoms with Crippen LogP contribution >= 0.6 is 0 Å². The SMILES string of the molecule is Cc1cccc2c(=O)cc(C(=O)Nc3c(C(=O)c4ccc(F)cc4)oc4ccccc34)oc12. The van der Waals surface area contributed by atoms with E-state index in [4.69, 9.17) is 8.83 Å². The fourth-order valence-electron chi connectivity index (χ4n) is 3.67. The Morgan fingerprint density at radius 2 is 1.61 bits per heavy atom. The summed E-state index contributed by atoms with van der Waals surface area (Å²) in [7, 11) is 0. The molecule has 33 heavy (non-hydrogen) atoms. The van der Waals surface area contributed by atoms with E-state index in [0.29, 0.717) is 27.5 Å². The van der Waals surface area contributed by atoms with Crippen LogP contribution in [0.3, 0.4) is 0 Å². The van der Waals surface area contributed by atoms with E-state index >= 15 is 0 Å². The van der Waals surface area contributed by atoms with Gasteiger partial charge < -0.3 is 14.2 Å². The largest absolute Gasteiger partial charge is 0.450 e. The first kappa shape index (κ1) is 20.4. The van der Waals surface area contributed by atoms with E-state index < -0.39 is 17.5 Å². The lowest BCUT2D eigenvalue weighted by atomic mass is 10.1. The Kier molecular flexibility index (Phi) is 4.86. The number of furan rings is 1. The van der Waals surface area contributed by atoms with Gasteiger partial charge in [0.2, 0.25) is 5.78 Å². The summed E-state index contributed by atoms with van der Waals surface area (Å²) in [5.41, 5.74) is 1.38. The number of fused-ring (bicyclic) bond motifs is 2. The smallest absolute Gasteiger partial charge is 0.291 e. The number of carbonyl (C=O) groups excluding carboxylic acids is 2. The van der Waals surface area contributed by atoms with Crippen LogP contribution in [-0.4, -0.2) is 11.7 Å². The first-order chi connectivity index (χ1) is 15.9. The number of nitrogens with one attached hydrogen (secondary N) is 1. The van der Waals surface area contributed by atoms with Crippen LogP contribution in [0, 0.1) is 12.7 Å². The molecule has 0 spiro atoms. The molecule has 0 radical (unpaired) electrons. The number of rotatable bonds is 4. The quantitative estimate of drug-likeness (QED) is 0.374. The van der Waals surface area contributed by atoms with Crippen LogP contribution in [0.4, 0.5) is 10.1 Å². The first-order valence-electron chi connectivity index (χ1n) is 10.1. The zero-order valence-corrected chi connectivity index (χ0v) is 17.3. The summed E-state index contributed by atoms with van der Waals surface area (Å²) in [6.07, 6.45) is 0. The summed E-state index contributed by atoms with van der Waals surface area (Å²) in [5, 5.41) is 3.53. The van der Waals surface area contributed by atoms with E-state index in [1.54, 1.807) is 49.4 Å². The maximum atomic E-state index is 13.3. The van der Waals surface area contributed by atoms with Crippen LogP contribution in [0.1, 0.15) is 32.2 Å². The third-order valence-electron chi connectivity index (χ3n) is 5.32. The molecule has 0 unspecified atom stereocenters. The van der Waals surface area contributed by atoms with Crippen molar-refractivity contribution < 1.29 is 22.8 Å². The van der Waals surface area contributed by atoms with Crippen LogP contribution in [0.5, 0.6) is 0 Å². The van der Waals surface area contributed by atoms with E-state index in [9.17, 15) is 18.8 Å². The van der Waals surface area contributed by atoms with Crippen molar-refractivity contribution in [2.45, 2.75) is 6.92 Å². The molecule has 0 bridgehead atoms. The number of benzene rings is 3. The molecule has 5 aromatic rings. The Hall–Kier alpha value is -4.52. The van der Waals surface area contributed by atoms with Gasteiger partial charge in [0, 0.05) is 17.0 Å². The van der Waals surface area contributed by atoms with Crippen LogP contribution in [0.15, 0.2) is 86.4 Å². The van der Waals surface area contributed by atoms with Crippen molar-refractivity contribution in [3.63, 3.8) is 0 Å². The highest BCUT2D eigenvalue weighted by Gasteiger charge is 2.25. The number of halogens is 1. The molecule has 3 aromatic carbocycles. The fraction of sp³-hybridized carbons (Fsp3) is 0.0385. The van der Waals surface area contributed by atoms with Gasteiger partial charge in [-0.3, -0.25) is 14.4 Å². The van der Waals surface area contributed by atoms with Gasteiger partial charge in [-0.2, -0.15) is 0 Å². The van der Waals surface area contributed by atoms with Gasteiger partial charge in [-0.05, 0) is 55.0 Å². The highest BCUT2D eigenvalue weighted by Crippen LogP contribution is 2.33. The Bertz CT molecular complexity index is 1610. The molecule has 0 aliphatic heterocycles. The third kappa shape index (κ3) is 3.59. The van der Waals surface area contributed by atoms with E-state index in [1.807, 2.05) is 0 Å². The van der Waals surface area contributed by atoms with Gasteiger partial charge >= 0.3 is 0 Å². The second-order valence-corrected chi connectivity index (χ2v) is 7.52. The van der Waals surface area contributed by atoms with E-state index in [0.717, 1.165) is 6.07 Å². The lowest BCUT2D eigenvalue weighted by molar-refractivity contribution is 0.0997. The van der Waals surface area contributed by atoms with Crippen LogP contribution in [0.2, 0.25) is 0 Å².